The van der Waals surface area contributed by atoms with Crippen molar-refractivity contribution in [3.8, 4) is 6.07 Å². The van der Waals surface area contributed by atoms with Crippen molar-refractivity contribution in [2.45, 2.75) is 6.54 Å². The first-order valence-electron chi connectivity index (χ1n) is 5.23. The van der Waals surface area contributed by atoms with Crippen LogP contribution in [0.1, 0.15) is 16.1 Å². The fraction of sp³-hybridized carbons (Fsp3) is 0.0769. The van der Waals surface area contributed by atoms with Crippen molar-refractivity contribution in [2.24, 2.45) is 0 Å². The smallest absolute Gasteiger partial charge is 0.287 e. The van der Waals surface area contributed by atoms with Crippen molar-refractivity contribution in [3.63, 3.8) is 0 Å². The van der Waals surface area contributed by atoms with E-state index in [4.69, 9.17) is 16.9 Å². The van der Waals surface area contributed by atoms with Crippen LogP contribution in [0.25, 0.3) is 0 Å². The predicted octanol–water partition coefficient (Wildman–Crippen LogP) is -1.22. The highest BCUT2D eigenvalue weighted by atomic mass is 79.9. The Morgan fingerprint density at radius 1 is 1.32 bits per heavy atom. The molecule has 2 aromatic rings. The maximum atomic E-state index is 12.0. The third kappa shape index (κ3) is 3.85. The highest BCUT2D eigenvalue weighted by Crippen LogP contribution is 2.10. The number of nitriles is 1. The second-order valence-corrected chi connectivity index (χ2v) is 4.07. The molecule has 0 atom stereocenters. The normalized spacial score (nSPS) is 9.26. The zero-order chi connectivity index (χ0) is 13.0. The summed E-state index contributed by atoms with van der Waals surface area (Å²) in [6, 6.07) is 10.2. The maximum absolute atomic E-state index is 12.0. The Hall–Kier alpha value is -1.77. The first-order valence-corrected chi connectivity index (χ1v) is 5.61. The molecular weight excluding hydrogens is 330 g/mol. The van der Waals surface area contributed by atoms with Gasteiger partial charge in [-0.15, -0.1) is 0 Å². The van der Waals surface area contributed by atoms with Crippen LogP contribution in [0.2, 0.25) is 5.02 Å². The Balaban J connectivity index is 0.00000180. The minimum absolute atomic E-state index is 0. The molecule has 6 heteroatoms. The Morgan fingerprint density at radius 2 is 2.00 bits per heavy atom. The molecule has 0 fully saturated rings. The van der Waals surface area contributed by atoms with Gasteiger partial charge in [0.05, 0.1) is 0 Å². The molecule has 0 saturated carbocycles. The molecule has 19 heavy (non-hydrogen) atoms. The zero-order valence-corrected chi connectivity index (χ0v) is 12.1. The molecule has 0 amide bonds. The van der Waals surface area contributed by atoms with Crippen molar-refractivity contribution in [1.29, 1.82) is 5.26 Å². The Bertz CT molecular complexity index is 623. The van der Waals surface area contributed by atoms with Crippen LogP contribution in [0, 0.1) is 11.3 Å². The van der Waals surface area contributed by atoms with E-state index in [1.807, 2.05) is 6.07 Å². The lowest BCUT2D eigenvalue weighted by atomic mass is 10.1. The lowest BCUT2D eigenvalue weighted by Gasteiger charge is -2.01. The molecule has 0 aliphatic rings. The molecule has 0 saturated heterocycles. The van der Waals surface area contributed by atoms with Crippen LogP contribution < -0.4 is 21.5 Å². The second-order valence-electron chi connectivity index (χ2n) is 3.64. The average Bonchev–Trinajstić information content (AvgIpc) is 2.40. The predicted molar refractivity (Wildman–Crippen MR) is 64.9 cm³/mol. The lowest BCUT2D eigenvalue weighted by molar-refractivity contribution is -0.688. The zero-order valence-electron chi connectivity index (χ0n) is 9.75. The lowest BCUT2D eigenvalue weighted by Crippen LogP contribution is -3.00. The van der Waals surface area contributed by atoms with E-state index in [0.29, 0.717) is 16.3 Å². The van der Waals surface area contributed by atoms with Crippen LogP contribution in [0.4, 0.5) is 0 Å². The highest BCUT2D eigenvalue weighted by molar-refractivity contribution is 6.30. The van der Waals surface area contributed by atoms with Crippen LogP contribution in [0.15, 0.2) is 42.9 Å². The van der Waals surface area contributed by atoms with Crippen LogP contribution >= 0.6 is 11.6 Å². The van der Waals surface area contributed by atoms with E-state index < -0.39 is 0 Å². The number of carbonyl (C=O) groups excluding carboxylic acids is 1. The van der Waals surface area contributed by atoms with Gasteiger partial charge in [-0.25, -0.2) is 4.57 Å². The highest BCUT2D eigenvalue weighted by Gasteiger charge is 2.13. The van der Waals surface area contributed by atoms with Gasteiger partial charge < -0.3 is 17.0 Å². The van der Waals surface area contributed by atoms with E-state index in [1.165, 1.54) is 17.1 Å². The summed E-state index contributed by atoms with van der Waals surface area (Å²) in [5.41, 5.74) is 0.951. The molecule has 0 aliphatic heterocycles. The molecule has 96 valence electrons. The number of hydrogen-bond acceptors (Lipinski definition) is 3. The third-order valence-corrected chi connectivity index (χ3v) is 2.68. The Morgan fingerprint density at radius 3 is 2.63 bits per heavy atom. The number of Topliss-reactive ketones (excluding diaryl/α,β-unsaturated/α-hetero) is 1. The first-order chi connectivity index (χ1) is 8.70. The first kappa shape index (κ1) is 15.3. The number of halogens is 2. The van der Waals surface area contributed by atoms with Gasteiger partial charge in [0.25, 0.3) is 6.33 Å². The summed E-state index contributed by atoms with van der Waals surface area (Å²) < 4.78 is 1.51. The van der Waals surface area contributed by atoms with Gasteiger partial charge in [-0.3, -0.25) is 4.79 Å². The number of rotatable bonds is 3. The minimum atomic E-state index is -0.0961. The topological polar surface area (TPSA) is 57.6 Å². The number of nitrogens with zero attached hydrogens (tertiary/aromatic N) is 3. The third-order valence-electron chi connectivity index (χ3n) is 2.43. The van der Waals surface area contributed by atoms with Gasteiger partial charge in [0.1, 0.15) is 12.3 Å². The minimum Gasteiger partial charge on any atom is -1.00 e. The molecule has 0 radical (unpaired) electrons. The number of hydrogen-bond donors (Lipinski definition) is 0. The second kappa shape index (κ2) is 6.98. The fourth-order valence-electron chi connectivity index (χ4n) is 1.50. The standard InChI is InChI=1S/C13H9ClN3O.BrH/c14-11-3-1-10(2-4-11)13(18)8-17-9-16-6-5-12(17)7-15;/h1-6,9H,8H2;1H/q+1;/p-1. The molecule has 1 heterocycles. The van der Waals surface area contributed by atoms with Crippen LogP contribution in [0.3, 0.4) is 0 Å². The molecular formula is C13H9BrClN3O. The summed E-state index contributed by atoms with van der Waals surface area (Å²) in [5.74, 6) is -0.0961. The number of carbonyl (C=O) groups is 1. The maximum Gasteiger partial charge on any atom is 0.287 e. The Labute approximate surface area is 126 Å². The van der Waals surface area contributed by atoms with Gasteiger partial charge in [-0.2, -0.15) is 5.26 Å². The molecule has 0 unspecified atom stereocenters. The molecule has 0 N–H and O–H groups in total. The van der Waals surface area contributed by atoms with Crippen molar-refractivity contribution < 1.29 is 26.3 Å². The van der Waals surface area contributed by atoms with Crippen molar-refractivity contribution in [2.75, 3.05) is 0 Å². The van der Waals surface area contributed by atoms with Gasteiger partial charge in [0.2, 0.25) is 11.5 Å². The Kier molecular flexibility index (Phi) is 5.61. The average molecular weight is 339 g/mol. The summed E-state index contributed by atoms with van der Waals surface area (Å²) in [7, 11) is 0. The largest absolute Gasteiger partial charge is 1.00 e. The summed E-state index contributed by atoms with van der Waals surface area (Å²) >= 11 is 5.75. The van der Waals surface area contributed by atoms with Gasteiger partial charge in [0.15, 0.2) is 6.54 Å². The van der Waals surface area contributed by atoms with Crippen molar-refractivity contribution in [1.82, 2.24) is 4.98 Å². The fourth-order valence-corrected chi connectivity index (χ4v) is 1.63. The molecule has 4 nitrogen and oxygen atoms in total. The van der Waals surface area contributed by atoms with Crippen LogP contribution in [-0.2, 0) is 6.54 Å². The summed E-state index contributed by atoms with van der Waals surface area (Å²) in [6.07, 6.45) is 2.98. The van der Waals surface area contributed by atoms with Gasteiger partial charge in [-0.1, -0.05) is 16.6 Å². The van der Waals surface area contributed by atoms with Gasteiger partial charge in [0, 0.05) is 16.7 Å². The summed E-state index contributed by atoms with van der Waals surface area (Å²) in [5, 5.41) is 9.49. The van der Waals surface area contributed by atoms with E-state index in [9.17, 15) is 4.79 Å². The summed E-state index contributed by atoms with van der Waals surface area (Å²) in [4.78, 5) is 15.9. The molecule has 1 aromatic heterocycles. The van der Waals surface area contributed by atoms with Crippen LogP contribution in [0.5, 0.6) is 0 Å². The van der Waals surface area contributed by atoms with E-state index >= 15 is 0 Å². The SMILES string of the molecule is N#Cc1ccnc[n+]1CC(=O)c1ccc(Cl)cc1.[Br-]. The molecule has 2 rings (SSSR count). The van der Waals surface area contributed by atoms with Crippen LogP contribution in [-0.4, -0.2) is 10.8 Å². The van der Waals surface area contributed by atoms with Gasteiger partial charge >= 0.3 is 0 Å². The monoisotopic (exact) mass is 337 g/mol. The molecule has 0 bridgehead atoms. The number of ketones is 1. The van der Waals surface area contributed by atoms with E-state index in [2.05, 4.69) is 4.98 Å². The summed E-state index contributed by atoms with van der Waals surface area (Å²) in [6.45, 7) is 0.0817. The number of benzene rings is 1. The van der Waals surface area contributed by atoms with Crippen molar-refractivity contribution >= 4 is 17.4 Å². The van der Waals surface area contributed by atoms with E-state index in [1.54, 1.807) is 30.3 Å². The molecule has 0 aliphatic carbocycles. The number of aromatic nitrogens is 2. The quantitative estimate of drug-likeness (QED) is 0.521. The van der Waals surface area contributed by atoms with E-state index in [-0.39, 0.29) is 29.3 Å². The molecule has 0 spiro atoms. The molecule has 1 aromatic carbocycles. The van der Waals surface area contributed by atoms with Gasteiger partial charge in [-0.05, 0) is 24.3 Å². The van der Waals surface area contributed by atoms with Crippen molar-refractivity contribution in [3.05, 3.63) is 59.1 Å². The van der Waals surface area contributed by atoms with E-state index in [0.717, 1.165) is 0 Å².